The molecule has 0 aliphatic heterocycles. The van der Waals surface area contributed by atoms with Crippen molar-refractivity contribution in [1.29, 1.82) is 0 Å². The second-order valence-electron chi connectivity index (χ2n) is 7.13. The van der Waals surface area contributed by atoms with E-state index in [1.165, 1.54) is 26.2 Å². The molecule has 2 aromatic rings. The lowest BCUT2D eigenvalue weighted by atomic mass is 9.89. The van der Waals surface area contributed by atoms with E-state index in [1.807, 2.05) is 0 Å². The number of hydrogen-bond donors (Lipinski definition) is 3. The van der Waals surface area contributed by atoms with Crippen molar-refractivity contribution in [2.24, 2.45) is 5.92 Å². The zero-order valence-corrected chi connectivity index (χ0v) is 15.4. The molecule has 1 aliphatic rings. The average molecular weight is 371 g/mol. The summed E-state index contributed by atoms with van der Waals surface area (Å²) in [7, 11) is 0. The number of fused-ring (bicyclic) bond motifs is 1. The van der Waals surface area contributed by atoms with Crippen LogP contribution in [0.15, 0.2) is 30.3 Å². The van der Waals surface area contributed by atoms with Gasteiger partial charge in [0.1, 0.15) is 17.1 Å². The molecule has 6 heteroatoms. The molecule has 1 saturated carbocycles. The van der Waals surface area contributed by atoms with Crippen LogP contribution in [0.1, 0.15) is 49.4 Å². The molecule has 3 rings (SSSR count). The molecular weight excluding hydrogens is 346 g/mol. The predicted octanol–water partition coefficient (Wildman–Crippen LogP) is 3.49. The maximum Gasteiger partial charge on any atom is 0.342 e. The second kappa shape index (κ2) is 8.29. The molecule has 0 heterocycles. The number of phenols is 2. The fourth-order valence-electron chi connectivity index (χ4n) is 3.55. The fraction of sp³-hybridized carbons (Fsp3) is 0.429. The molecule has 0 unspecified atom stereocenters. The van der Waals surface area contributed by atoms with Crippen molar-refractivity contribution in [2.75, 3.05) is 6.54 Å². The molecule has 0 saturated heterocycles. The molecule has 0 spiro atoms. The first-order valence-electron chi connectivity index (χ1n) is 9.39. The number of esters is 1. The number of hydrogen-bond acceptors (Lipinski definition) is 5. The topological polar surface area (TPSA) is 95.9 Å². The van der Waals surface area contributed by atoms with E-state index in [1.54, 1.807) is 24.3 Å². The van der Waals surface area contributed by atoms with Crippen LogP contribution >= 0.6 is 0 Å². The van der Waals surface area contributed by atoms with Crippen molar-refractivity contribution < 1.29 is 24.5 Å². The minimum atomic E-state index is -0.992. The summed E-state index contributed by atoms with van der Waals surface area (Å²) in [5, 5.41) is 24.1. The summed E-state index contributed by atoms with van der Waals surface area (Å²) < 4.78 is 5.20. The van der Waals surface area contributed by atoms with Crippen LogP contribution in [0.2, 0.25) is 0 Å². The number of phenolic OH excluding ortho intramolecular Hbond substituents is 2. The van der Waals surface area contributed by atoms with E-state index in [4.69, 9.17) is 4.74 Å². The van der Waals surface area contributed by atoms with Gasteiger partial charge in [-0.25, -0.2) is 4.79 Å². The molecule has 0 radical (unpaired) electrons. The Hall–Kier alpha value is -2.76. The van der Waals surface area contributed by atoms with Crippen LogP contribution in [-0.4, -0.2) is 34.7 Å². The summed E-state index contributed by atoms with van der Waals surface area (Å²) in [5.41, 5.74) is -0.168. The lowest BCUT2D eigenvalue weighted by Crippen LogP contribution is -2.38. The maximum atomic E-state index is 12.4. The Bertz CT molecular complexity index is 842. The molecule has 3 N–H and O–H groups in total. The van der Waals surface area contributed by atoms with Crippen LogP contribution in [0.25, 0.3) is 10.8 Å². The minimum absolute atomic E-state index is 0.134. The molecule has 1 amide bonds. The number of ether oxygens (including phenoxy) is 1. The van der Waals surface area contributed by atoms with Crippen molar-refractivity contribution in [2.45, 2.75) is 45.1 Å². The number of amides is 1. The summed E-state index contributed by atoms with van der Waals surface area (Å²) in [6.45, 7) is 2.08. The van der Waals surface area contributed by atoms with Crippen molar-refractivity contribution in [1.82, 2.24) is 5.32 Å². The Morgan fingerprint density at radius 3 is 2.52 bits per heavy atom. The zero-order chi connectivity index (χ0) is 19.4. The van der Waals surface area contributed by atoms with Crippen molar-refractivity contribution in [3.8, 4) is 11.5 Å². The van der Waals surface area contributed by atoms with Crippen LogP contribution in [0, 0.1) is 5.92 Å². The Labute approximate surface area is 158 Å². The second-order valence-corrected chi connectivity index (χ2v) is 7.13. The Morgan fingerprint density at radius 1 is 1.15 bits per heavy atom. The Balaban J connectivity index is 1.65. The zero-order valence-electron chi connectivity index (χ0n) is 15.4. The predicted molar refractivity (Wildman–Crippen MR) is 102 cm³/mol. The molecule has 27 heavy (non-hydrogen) atoms. The van der Waals surface area contributed by atoms with E-state index in [9.17, 15) is 19.8 Å². The first-order valence-corrected chi connectivity index (χ1v) is 9.39. The van der Waals surface area contributed by atoms with Gasteiger partial charge in [0.15, 0.2) is 6.10 Å². The molecule has 2 aromatic carbocycles. The average Bonchev–Trinajstić information content (AvgIpc) is 2.69. The lowest BCUT2D eigenvalue weighted by molar-refractivity contribution is -0.129. The maximum absolute atomic E-state index is 12.4. The first kappa shape index (κ1) is 19.0. The van der Waals surface area contributed by atoms with E-state index >= 15 is 0 Å². The van der Waals surface area contributed by atoms with Crippen LogP contribution in [0.4, 0.5) is 0 Å². The van der Waals surface area contributed by atoms with E-state index in [0.29, 0.717) is 23.2 Å². The van der Waals surface area contributed by atoms with Gasteiger partial charge >= 0.3 is 5.97 Å². The van der Waals surface area contributed by atoms with Gasteiger partial charge in [-0.1, -0.05) is 43.5 Å². The van der Waals surface area contributed by atoms with Crippen LogP contribution in [-0.2, 0) is 9.53 Å². The van der Waals surface area contributed by atoms with Crippen LogP contribution in [0.5, 0.6) is 11.5 Å². The number of benzene rings is 2. The smallest absolute Gasteiger partial charge is 0.342 e. The quantitative estimate of drug-likeness (QED) is 0.552. The summed E-state index contributed by atoms with van der Waals surface area (Å²) >= 11 is 0. The van der Waals surface area contributed by atoms with Crippen molar-refractivity contribution in [3.63, 3.8) is 0 Å². The molecule has 1 aliphatic carbocycles. The van der Waals surface area contributed by atoms with E-state index in [-0.39, 0.29) is 23.0 Å². The van der Waals surface area contributed by atoms with Crippen molar-refractivity contribution >= 4 is 22.6 Å². The fourth-order valence-corrected chi connectivity index (χ4v) is 3.55. The van der Waals surface area contributed by atoms with E-state index in [2.05, 4.69) is 5.32 Å². The van der Waals surface area contributed by atoms with E-state index in [0.717, 1.165) is 18.9 Å². The molecule has 0 aromatic heterocycles. The van der Waals surface area contributed by atoms with Gasteiger partial charge in [-0.05, 0) is 31.7 Å². The van der Waals surface area contributed by atoms with Gasteiger partial charge in [0.05, 0.1) is 0 Å². The number of aromatic hydroxyl groups is 2. The Kier molecular flexibility index (Phi) is 5.84. The third kappa shape index (κ3) is 4.32. The minimum Gasteiger partial charge on any atom is -0.507 e. The van der Waals surface area contributed by atoms with Crippen LogP contribution in [0.3, 0.4) is 0 Å². The van der Waals surface area contributed by atoms with Gasteiger partial charge in [0.25, 0.3) is 5.91 Å². The summed E-state index contributed by atoms with van der Waals surface area (Å²) in [6.07, 6.45) is 4.86. The molecule has 144 valence electrons. The third-order valence-electron chi connectivity index (χ3n) is 5.16. The number of nitrogens with one attached hydrogen (secondary N) is 1. The normalized spacial score (nSPS) is 16.0. The van der Waals surface area contributed by atoms with Gasteiger partial charge in [0.2, 0.25) is 0 Å². The third-order valence-corrected chi connectivity index (χ3v) is 5.16. The lowest BCUT2D eigenvalue weighted by Gasteiger charge is -2.22. The number of carbonyl (C=O) groups is 2. The molecule has 1 fully saturated rings. The summed E-state index contributed by atoms with van der Waals surface area (Å²) in [4.78, 5) is 24.6. The van der Waals surface area contributed by atoms with Crippen molar-refractivity contribution in [3.05, 3.63) is 35.9 Å². The first-order chi connectivity index (χ1) is 13.0. The Morgan fingerprint density at radius 2 is 1.81 bits per heavy atom. The van der Waals surface area contributed by atoms with Crippen LogP contribution < -0.4 is 5.32 Å². The highest BCUT2D eigenvalue weighted by Gasteiger charge is 2.24. The largest absolute Gasteiger partial charge is 0.507 e. The highest BCUT2D eigenvalue weighted by atomic mass is 16.5. The molecule has 0 bridgehead atoms. The standard InChI is InChI=1S/C21H25NO5/c1-13(20(25)22-12-14-7-3-2-4-8-14)27-21(26)17-11-18(23)15-9-5-6-10-16(15)19(17)24/h5-6,9-11,13-14,23-24H,2-4,7-8,12H2,1H3,(H,22,25)/t13-/m0/s1. The highest BCUT2D eigenvalue weighted by Crippen LogP contribution is 2.35. The molecular formula is C21H25NO5. The highest BCUT2D eigenvalue weighted by molar-refractivity contribution is 6.04. The van der Waals surface area contributed by atoms with Gasteiger partial charge < -0.3 is 20.3 Å². The van der Waals surface area contributed by atoms with Gasteiger partial charge in [0, 0.05) is 17.3 Å². The van der Waals surface area contributed by atoms with Gasteiger partial charge in [-0.2, -0.15) is 0 Å². The molecule has 6 nitrogen and oxygen atoms in total. The summed E-state index contributed by atoms with van der Waals surface area (Å²) in [6, 6.07) is 7.81. The number of rotatable bonds is 5. The van der Waals surface area contributed by atoms with Gasteiger partial charge in [-0.3, -0.25) is 4.79 Å². The molecule has 1 atom stereocenters. The SMILES string of the molecule is C[C@H](OC(=O)c1cc(O)c2ccccc2c1O)C(=O)NCC1CCCCC1. The van der Waals surface area contributed by atoms with E-state index < -0.39 is 12.1 Å². The summed E-state index contributed by atoms with van der Waals surface area (Å²) in [5.74, 6) is -1.15. The monoisotopic (exact) mass is 371 g/mol. The van der Waals surface area contributed by atoms with Gasteiger partial charge in [-0.15, -0.1) is 0 Å². The number of carbonyl (C=O) groups excluding carboxylic acids is 2.